The number of rotatable bonds is 2. The van der Waals surface area contributed by atoms with Gasteiger partial charge in [0.25, 0.3) is 5.91 Å². The first-order chi connectivity index (χ1) is 10.3. The average Bonchev–Trinajstić information content (AvgIpc) is 2.90. The van der Waals surface area contributed by atoms with Gasteiger partial charge in [-0.15, -0.1) is 0 Å². The molecule has 2 fully saturated rings. The van der Waals surface area contributed by atoms with Crippen molar-refractivity contribution in [2.24, 2.45) is 11.8 Å². The van der Waals surface area contributed by atoms with E-state index in [1.807, 2.05) is 17.0 Å². The zero-order valence-electron chi connectivity index (χ0n) is 11.9. The molecule has 2 aromatic rings. The highest BCUT2D eigenvalue weighted by molar-refractivity contribution is 6.05. The largest absolute Gasteiger partial charge is 0.381 e. The molecule has 4 rings (SSSR count). The van der Waals surface area contributed by atoms with Gasteiger partial charge in [-0.25, -0.2) is 0 Å². The van der Waals surface area contributed by atoms with Crippen molar-refractivity contribution >= 4 is 16.9 Å². The molecule has 0 saturated carbocycles. The molecule has 1 amide bonds. The van der Waals surface area contributed by atoms with E-state index < -0.39 is 0 Å². The highest BCUT2D eigenvalue weighted by Gasteiger charge is 2.37. The average molecular weight is 285 g/mol. The molecule has 0 aliphatic carbocycles. The molecule has 2 saturated heterocycles. The van der Waals surface area contributed by atoms with Crippen LogP contribution in [0.15, 0.2) is 24.5 Å². The Labute approximate surface area is 123 Å². The maximum Gasteiger partial charge on any atom is 0.257 e. The fourth-order valence-electron chi connectivity index (χ4n) is 3.45. The zero-order chi connectivity index (χ0) is 14.2. The number of nitrogens with zero attached hydrogens (tertiary/aromatic N) is 2. The second-order valence-electron chi connectivity index (χ2n) is 6.02. The van der Waals surface area contributed by atoms with Gasteiger partial charge in [0.15, 0.2) is 0 Å². The Morgan fingerprint density at radius 2 is 2.10 bits per heavy atom. The van der Waals surface area contributed by atoms with Crippen molar-refractivity contribution < 1.29 is 9.53 Å². The number of H-pyrrole nitrogens is 1. The molecule has 5 heteroatoms. The number of hydrogen-bond donors (Lipinski definition) is 1. The molecular weight excluding hydrogens is 266 g/mol. The Kier molecular flexibility index (Phi) is 3.15. The Hall–Kier alpha value is -1.88. The lowest BCUT2D eigenvalue weighted by Gasteiger charge is -2.44. The monoisotopic (exact) mass is 285 g/mol. The van der Waals surface area contributed by atoms with Gasteiger partial charge in [-0.3, -0.25) is 9.78 Å². The second-order valence-corrected chi connectivity index (χ2v) is 6.02. The highest BCUT2D eigenvalue weighted by atomic mass is 16.5. The van der Waals surface area contributed by atoms with E-state index in [1.54, 1.807) is 12.4 Å². The van der Waals surface area contributed by atoms with Crippen molar-refractivity contribution in [1.29, 1.82) is 0 Å². The van der Waals surface area contributed by atoms with Crippen LogP contribution in [-0.4, -0.2) is 47.1 Å². The SMILES string of the molecule is O=C(c1c[nH]c2cccnc12)N1CC(C2CCOCC2)C1. The lowest BCUT2D eigenvalue weighted by atomic mass is 9.81. The highest BCUT2D eigenvalue weighted by Crippen LogP contribution is 2.32. The molecule has 0 radical (unpaired) electrons. The summed E-state index contributed by atoms with van der Waals surface area (Å²) < 4.78 is 5.41. The van der Waals surface area contributed by atoms with E-state index in [0.29, 0.717) is 11.5 Å². The van der Waals surface area contributed by atoms with E-state index in [2.05, 4.69) is 9.97 Å². The van der Waals surface area contributed by atoms with Gasteiger partial charge >= 0.3 is 0 Å². The van der Waals surface area contributed by atoms with Crippen LogP contribution < -0.4 is 0 Å². The minimum atomic E-state index is 0.100. The summed E-state index contributed by atoms with van der Waals surface area (Å²) in [5, 5.41) is 0. The van der Waals surface area contributed by atoms with Crippen LogP contribution in [0.5, 0.6) is 0 Å². The molecule has 21 heavy (non-hydrogen) atoms. The van der Waals surface area contributed by atoms with Crippen molar-refractivity contribution in [2.75, 3.05) is 26.3 Å². The molecule has 2 aliphatic rings. The lowest BCUT2D eigenvalue weighted by molar-refractivity contribution is -0.00255. The van der Waals surface area contributed by atoms with Crippen LogP contribution in [0.25, 0.3) is 11.0 Å². The molecule has 0 spiro atoms. The normalized spacial score (nSPS) is 20.7. The number of ether oxygens (including phenoxy) is 1. The number of fused-ring (bicyclic) bond motifs is 1. The first-order valence-electron chi connectivity index (χ1n) is 7.62. The Morgan fingerprint density at radius 3 is 2.90 bits per heavy atom. The summed E-state index contributed by atoms with van der Waals surface area (Å²) in [6, 6.07) is 3.82. The van der Waals surface area contributed by atoms with Crippen molar-refractivity contribution in [1.82, 2.24) is 14.9 Å². The standard InChI is InChI=1S/C16H19N3O2/c20-16(13-8-18-14-2-1-5-17-15(13)14)19-9-12(10-19)11-3-6-21-7-4-11/h1-2,5,8,11-12,18H,3-4,6-7,9-10H2. The number of pyridine rings is 1. The number of carbonyl (C=O) groups is 1. The molecule has 110 valence electrons. The summed E-state index contributed by atoms with van der Waals surface area (Å²) in [7, 11) is 0. The summed E-state index contributed by atoms with van der Waals surface area (Å²) in [6.07, 6.45) is 5.79. The zero-order valence-corrected chi connectivity index (χ0v) is 11.9. The number of likely N-dealkylation sites (tertiary alicyclic amines) is 1. The molecule has 0 unspecified atom stereocenters. The fraction of sp³-hybridized carbons (Fsp3) is 0.500. The molecule has 2 aromatic heterocycles. The van der Waals surface area contributed by atoms with Gasteiger partial charge in [0.1, 0.15) is 5.52 Å². The third-order valence-corrected chi connectivity index (χ3v) is 4.79. The van der Waals surface area contributed by atoms with Gasteiger partial charge in [0.05, 0.1) is 11.1 Å². The predicted molar refractivity (Wildman–Crippen MR) is 79.0 cm³/mol. The van der Waals surface area contributed by atoms with Crippen molar-refractivity contribution in [3.8, 4) is 0 Å². The van der Waals surface area contributed by atoms with E-state index in [0.717, 1.165) is 56.1 Å². The van der Waals surface area contributed by atoms with E-state index in [4.69, 9.17) is 4.74 Å². The smallest absolute Gasteiger partial charge is 0.257 e. The molecule has 5 nitrogen and oxygen atoms in total. The van der Waals surface area contributed by atoms with E-state index in [-0.39, 0.29) is 5.91 Å². The number of aromatic nitrogens is 2. The van der Waals surface area contributed by atoms with Gasteiger partial charge in [-0.1, -0.05) is 0 Å². The Bertz CT molecular complexity index is 654. The number of amides is 1. The van der Waals surface area contributed by atoms with Gasteiger partial charge in [-0.05, 0) is 36.8 Å². The maximum atomic E-state index is 12.6. The summed E-state index contributed by atoms with van der Waals surface area (Å²) in [5.74, 6) is 1.48. The van der Waals surface area contributed by atoms with Gasteiger partial charge < -0.3 is 14.6 Å². The molecule has 0 aromatic carbocycles. The van der Waals surface area contributed by atoms with Crippen molar-refractivity contribution in [3.63, 3.8) is 0 Å². The Morgan fingerprint density at radius 1 is 1.29 bits per heavy atom. The maximum absolute atomic E-state index is 12.6. The molecule has 0 atom stereocenters. The van der Waals surface area contributed by atoms with Crippen molar-refractivity contribution in [2.45, 2.75) is 12.8 Å². The number of hydrogen-bond acceptors (Lipinski definition) is 3. The number of nitrogens with one attached hydrogen (secondary N) is 1. The van der Waals surface area contributed by atoms with Crippen molar-refractivity contribution in [3.05, 3.63) is 30.1 Å². The number of carbonyl (C=O) groups excluding carboxylic acids is 1. The molecule has 2 aliphatic heterocycles. The minimum absolute atomic E-state index is 0.100. The van der Waals surface area contributed by atoms with E-state index in [1.165, 1.54) is 0 Å². The third-order valence-electron chi connectivity index (χ3n) is 4.79. The topological polar surface area (TPSA) is 58.2 Å². The van der Waals surface area contributed by atoms with Gasteiger partial charge in [-0.2, -0.15) is 0 Å². The fourth-order valence-corrected chi connectivity index (χ4v) is 3.45. The van der Waals surface area contributed by atoms with Crippen LogP contribution in [0, 0.1) is 11.8 Å². The van der Waals surface area contributed by atoms with Crippen LogP contribution >= 0.6 is 0 Å². The summed E-state index contributed by atoms with van der Waals surface area (Å²) in [5.41, 5.74) is 2.38. The first kappa shape index (κ1) is 12.8. The van der Waals surface area contributed by atoms with E-state index >= 15 is 0 Å². The molecule has 4 heterocycles. The summed E-state index contributed by atoms with van der Waals surface area (Å²) in [4.78, 5) is 22.0. The summed E-state index contributed by atoms with van der Waals surface area (Å²) >= 11 is 0. The summed E-state index contributed by atoms with van der Waals surface area (Å²) in [6.45, 7) is 3.51. The van der Waals surface area contributed by atoms with Gasteiger partial charge in [0.2, 0.25) is 0 Å². The molecule has 0 bridgehead atoms. The van der Waals surface area contributed by atoms with E-state index in [9.17, 15) is 4.79 Å². The third kappa shape index (κ3) is 2.21. The van der Waals surface area contributed by atoms with Crippen LogP contribution in [-0.2, 0) is 4.74 Å². The quantitative estimate of drug-likeness (QED) is 0.919. The molecular formula is C16H19N3O2. The van der Waals surface area contributed by atoms with Crippen LogP contribution in [0.4, 0.5) is 0 Å². The Balaban J connectivity index is 1.45. The van der Waals surface area contributed by atoms with Crippen LogP contribution in [0.2, 0.25) is 0 Å². The predicted octanol–water partition coefficient (Wildman–Crippen LogP) is 2.06. The second kappa shape index (κ2) is 5.15. The van der Waals surface area contributed by atoms with Gasteiger partial charge in [0, 0.05) is 38.7 Å². The molecule has 1 N–H and O–H groups in total. The number of aromatic amines is 1. The lowest BCUT2D eigenvalue weighted by Crippen LogP contribution is -2.53. The first-order valence-corrected chi connectivity index (χ1v) is 7.62. The minimum Gasteiger partial charge on any atom is -0.381 e. The van der Waals surface area contributed by atoms with Crippen LogP contribution in [0.1, 0.15) is 23.2 Å². The van der Waals surface area contributed by atoms with Crippen LogP contribution in [0.3, 0.4) is 0 Å².